The third-order valence-corrected chi connectivity index (χ3v) is 4.49. The minimum Gasteiger partial charge on any atom is -0.327 e. The molecule has 4 bridgehead atoms. The number of nitrogens with zero attached hydrogens (tertiary/aromatic N) is 2. The van der Waals surface area contributed by atoms with Crippen LogP contribution in [0.25, 0.3) is 0 Å². The maximum absolute atomic E-state index is 6.50. The Balaban J connectivity index is 1.87. The fourth-order valence-corrected chi connectivity index (χ4v) is 4.31. The summed E-state index contributed by atoms with van der Waals surface area (Å²) in [6.45, 7) is 10.8. The van der Waals surface area contributed by atoms with Crippen LogP contribution in [0.2, 0.25) is 0 Å². The van der Waals surface area contributed by atoms with E-state index in [-0.39, 0.29) is 0 Å². The first kappa shape index (κ1) is 10.1. The van der Waals surface area contributed by atoms with E-state index in [1.54, 1.807) is 0 Å². The summed E-state index contributed by atoms with van der Waals surface area (Å²) in [6, 6.07) is 0.452. The molecule has 3 nitrogen and oxygen atoms in total. The van der Waals surface area contributed by atoms with Gasteiger partial charge in [0.25, 0.3) is 0 Å². The van der Waals surface area contributed by atoms with Gasteiger partial charge in [0.2, 0.25) is 0 Å². The van der Waals surface area contributed by atoms with Gasteiger partial charge in [-0.3, -0.25) is 9.80 Å². The zero-order chi connectivity index (χ0) is 10.6. The molecule has 0 aromatic rings. The van der Waals surface area contributed by atoms with Gasteiger partial charge in [-0.1, -0.05) is 13.8 Å². The lowest BCUT2D eigenvalue weighted by Crippen LogP contribution is -2.75. The highest BCUT2D eigenvalue weighted by molar-refractivity contribution is 5.08. The lowest BCUT2D eigenvalue weighted by atomic mass is 9.63. The van der Waals surface area contributed by atoms with Gasteiger partial charge in [-0.05, 0) is 12.3 Å². The molecule has 0 amide bonds. The van der Waals surface area contributed by atoms with Crippen LogP contribution in [0.1, 0.15) is 20.3 Å². The molecular formula is C12H23N3. The average molecular weight is 209 g/mol. The topological polar surface area (TPSA) is 32.5 Å². The lowest BCUT2D eigenvalue weighted by Gasteiger charge is -2.63. The van der Waals surface area contributed by atoms with Crippen molar-refractivity contribution in [2.45, 2.75) is 26.3 Å². The first-order valence-corrected chi connectivity index (χ1v) is 6.29. The summed E-state index contributed by atoms with van der Waals surface area (Å²) >= 11 is 0. The van der Waals surface area contributed by atoms with Crippen molar-refractivity contribution in [2.75, 3.05) is 32.8 Å². The van der Waals surface area contributed by atoms with Gasteiger partial charge >= 0.3 is 0 Å². The van der Waals surface area contributed by atoms with Crippen molar-refractivity contribution in [3.8, 4) is 0 Å². The average Bonchev–Trinajstić information content (AvgIpc) is 2.11. The van der Waals surface area contributed by atoms with Gasteiger partial charge in [0, 0.05) is 43.6 Å². The smallest absolute Gasteiger partial charge is 0.0506 e. The Morgan fingerprint density at radius 1 is 1.27 bits per heavy atom. The van der Waals surface area contributed by atoms with Gasteiger partial charge in [-0.2, -0.15) is 0 Å². The minimum atomic E-state index is 0.410. The molecule has 0 radical (unpaired) electrons. The summed E-state index contributed by atoms with van der Waals surface area (Å²) in [5.74, 6) is 1.51. The number of nitrogens with two attached hydrogens (primary N) is 1. The highest BCUT2D eigenvalue weighted by atomic mass is 15.4. The number of piperidine rings is 2. The van der Waals surface area contributed by atoms with Crippen molar-refractivity contribution >= 4 is 0 Å². The number of hydrogen-bond donors (Lipinski definition) is 1. The Morgan fingerprint density at radius 2 is 1.87 bits per heavy atom. The third-order valence-electron chi connectivity index (χ3n) is 4.49. The van der Waals surface area contributed by atoms with Crippen LogP contribution in [-0.2, 0) is 0 Å². The summed E-state index contributed by atoms with van der Waals surface area (Å²) in [5, 5.41) is 0. The molecule has 3 unspecified atom stereocenters. The molecule has 4 rings (SSSR count). The summed E-state index contributed by atoms with van der Waals surface area (Å²) in [4.78, 5) is 5.23. The molecule has 0 aromatic carbocycles. The maximum atomic E-state index is 6.50. The van der Waals surface area contributed by atoms with E-state index in [0.29, 0.717) is 11.5 Å². The van der Waals surface area contributed by atoms with E-state index in [4.69, 9.17) is 5.73 Å². The molecule has 86 valence electrons. The van der Waals surface area contributed by atoms with Crippen molar-refractivity contribution in [3.63, 3.8) is 0 Å². The van der Waals surface area contributed by atoms with Crippen molar-refractivity contribution in [3.05, 3.63) is 0 Å². The van der Waals surface area contributed by atoms with E-state index in [9.17, 15) is 0 Å². The van der Waals surface area contributed by atoms with Crippen LogP contribution < -0.4 is 5.73 Å². The van der Waals surface area contributed by atoms with Crippen LogP contribution in [0, 0.1) is 17.3 Å². The summed E-state index contributed by atoms with van der Waals surface area (Å²) in [5.41, 5.74) is 6.91. The van der Waals surface area contributed by atoms with Crippen molar-refractivity contribution in [2.24, 2.45) is 23.0 Å². The molecular weight excluding hydrogens is 186 g/mol. The fourth-order valence-electron chi connectivity index (χ4n) is 4.31. The number of rotatable bonds is 2. The van der Waals surface area contributed by atoms with E-state index < -0.39 is 0 Å². The molecule has 4 aliphatic heterocycles. The molecule has 4 aliphatic rings. The molecule has 3 heteroatoms. The predicted molar refractivity (Wildman–Crippen MR) is 61.4 cm³/mol. The van der Waals surface area contributed by atoms with Crippen LogP contribution in [0.5, 0.6) is 0 Å². The van der Waals surface area contributed by atoms with Gasteiger partial charge in [-0.25, -0.2) is 0 Å². The molecule has 4 saturated heterocycles. The van der Waals surface area contributed by atoms with Crippen LogP contribution in [0.3, 0.4) is 0 Å². The van der Waals surface area contributed by atoms with Gasteiger partial charge in [0.1, 0.15) is 0 Å². The molecule has 0 aliphatic carbocycles. The predicted octanol–water partition coefficient (Wildman–Crippen LogP) is 0.565. The van der Waals surface area contributed by atoms with Crippen LogP contribution >= 0.6 is 0 Å². The molecule has 4 heterocycles. The largest absolute Gasteiger partial charge is 0.327 e. The summed E-state index contributed by atoms with van der Waals surface area (Å²) in [7, 11) is 0. The van der Waals surface area contributed by atoms with Gasteiger partial charge < -0.3 is 5.73 Å². The van der Waals surface area contributed by atoms with Gasteiger partial charge in [-0.15, -0.1) is 0 Å². The highest BCUT2D eigenvalue weighted by Gasteiger charge is 2.54. The molecule has 4 fully saturated rings. The molecule has 2 N–H and O–H groups in total. The van der Waals surface area contributed by atoms with Crippen molar-refractivity contribution in [1.82, 2.24) is 9.80 Å². The van der Waals surface area contributed by atoms with E-state index in [1.165, 1.54) is 39.3 Å². The second-order valence-electron chi connectivity index (χ2n) is 6.41. The van der Waals surface area contributed by atoms with E-state index >= 15 is 0 Å². The summed E-state index contributed by atoms with van der Waals surface area (Å²) in [6.07, 6.45) is 1.30. The zero-order valence-electron chi connectivity index (χ0n) is 9.95. The standard InChI is InChI=1S/C12H23N3/c1-9(2)3-12-6-14-4-10(11(12)13)5-15(7-12)8-14/h9-11H,3-8,13H2,1-2H3. The highest BCUT2D eigenvalue weighted by Crippen LogP contribution is 2.45. The molecule has 0 saturated carbocycles. The second-order valence-corrected chi connectivity index (χ2v) is 6.41. The normalized spacial score (nSPS) is 52.8. The molecule has 0 spiro atoms. The Hall–Kier alpha value is -0.120. The SMILES string of the molecule is CC(C)CC12CN3CC(CN(C3)C1)C2N. The third kappa shape index (κ3) is 1.44. The van der Waals surface area contributed by atoms with E-state index in [0.717, 1.165) is 11.8 Å². The van der Waals surface area contributed by atoms with E-state index in [2.05, 4.69) is 23.6 Å². The zero-order valence-corrected chi connectivity index (χ0v) is 9.95. The van der Waals surface area contributed by atoms with Gasteiger partial charge in [0.15, 0.2) is 0 Å². The van der Waals surface area contributed by atoms with Crippen LogP contribution in [-0.4, -0.2) is 48.7 Å². The van der Waals surface area contributed by atoms with Crippen LogP contribution in [0.4, 0.5) is 0 Å². The quantitative estimate of drug-likeness (QED) is 0.721. The summed E-state index contributed by atoms with van der Waals surface area (Å²) < 4.78 is 0. The molecule has 3 atom stereocenters. The monoisotopic (exact) mass is 209 g/mol. The Bertz CT molecular complexity index is 244. The first-order valence-electron chi connectivity index (χ1n) is 6.29. The maximum Gasteiger partial charge on any atom is 0.0506 e. The lowest BCUT2D eigenvalue weighted by molar-refractivity contribution is -0.140. The van der Waals surface area contributed by atoms with Gasteiger partial charge in [0.05, 0.1) is 6.67 Å². The minimum absolute atomic E-state index is 0.410. The molecule has 0 aromatic heterocycles. The Labute approximate surface area is 92.6 Å². The Kier molecular flexibility index (Phi) is 2.14. The van der Waals surface area contributed by atoms with Crippen LogP contribution in [0.15, 0.2) is 0 Å². The second kappa shape index (κ2) is 3.19. The van der Waals surface area contributed by atoms with Crippen molar-refractivity contribution in [1.29, 1.82) is 0 Å². The van der Waals surface area contributed by atoms with E-state index in [1.807, 2.05) is 0 Å². The number of hydrogen-bond acceptors (Lipinski definition) is 3. The van der Waals surface area contributed by atoms with Crippen molar-refractivity contribution < 1.29 is 0 Å². The Morgan fingerprint density at radius 3 is 2.40 bits per heavy atom. The first-order chi connectivity index (χ1) is 7.09. The molecule has 15 heavy (non-hydrogen) atoms. The fraction of sp³-hybridized carbons (Fsp3) is 1.00.